The van der Waals surface area contributed by atoms with Crippen LogP contribution in [0.3, 0.4) is 0 Å². The van der Waals surface area contributed by atoms with Crippen LogP contribution in [0.4, 0.5) is 5.82 Å². The third-order valence-electron chi connectivity index (χ3n) is 5.98. The van der Waals surface area contributed by atoms with E-state index in [1.807, 2.05) is 43.3 Å². The molecule has 1 aliphatic heterocycles. The van der Waals surface area contributed by atoms with E-state index in [4.69, 9.17) is 20.6 Å². The summed E-state index contributed by atoms with van der Waals surface area (Å²) in [6.45, 7) is 4.50. The van der Waals surface area contributed by atoms with Crippen LogP contribution in [0.5, 0.6) is 11.5 Å². The lowest BCUT2D eigenvalue weighted by Crippen LogP contribution is -2.40. The first kappa shape index (κ1) is 23.4. The first-order chi connectivity index (χ1) is 16.5. The zero-order valence-electron chi connectivity index (χ0n) is 19.4. The monoisotopic (exact) mass is 461 g/mol. The number of ether oxygens (including phenoxy) is 2. The molecule has 1 aromatic heterocycles. The Morgan fingerprint density at radius 2 is 1.88 bits per heavy atom. The van der Waals surface area contributed by atoms with Gasteiger partial charge >= 0.3 is 0 Å². The number of anilines is 1. The minimum absolute atomic E-state index is 0.120. The van der Waals surface area contributed by atoms with E-state index in [-0.39, 0.29) is 12.0 Å². The van der Waals surface area contributed by atoms with Crippen LogP contribution in [0.15, 0.2) is 54.7 Å². The first-order valence-corrected chi connectivity index (χ1v) is 11.6. The molecule has 0 saturated carbocycles. The Kier molecular flexibility index (Phi) is 7.47. The smallest absolute Gasteiger partial charge is 0.251 e. The fraction of sp³-hybridized carbons (Fsp3) is 0.346. The van der Waals surface area contributed by atoms with Gasteiger partial charge in [-0.15, -0.1) is 0 Å². The number of nitrogens with zero attached hydrogens (tertiary/aromatic N) is 2. The van der Waals surface area contributed by atoms with Crippen LogP contribution in [0.1, 0.15) is 36.5 Å². The molecule has 8 nitrogen and oxygen atoms in total. The molecule has 1 amide bonds. The lowest BCUT2D eigenvalue weighted by atomic mass is 10.1. The molecule has 8 heteroatoms. The molecule has 0 radical (unpaired) electrons. The number of aromatic nitrogens is 1. The Morgan fingerprint density at radius 3 is 2.62 bits per heavy atom. The predicted octanol–water partition coefficient (Wildman–Crippen LogP) is 3.86. The topological polar surface area (TPSA) is 114 Å². The van der Waals surface area contributed by atoms with E-state index >= 15 is 0 Å². The Bertz CT molecular complexity index is 1140. The van der Waals surface area contributed by atoms with Crippen molar-refractivity contribution in [1.82, 2.24) is 15.2 Å². The van der Waals surface area contributed by atoms with Crippen molar-refractivity contribution >= 4 is 28.3 Å². The minimum atomic E-state index is -0.120. The lowest BCUT2D eigenvalue weighted by Gasteiger charge is -2.32. The summed E-state index contributed by atoms with van der Waals surface area (Å²) in [7, 11) is 0. The van der Waals surface area contributed by atoms with E-state index in [9.17, 15) is 4.79 Å². The zero-order chi connectivity index (χ0) is 23.9. The molecule has 1 saturated heterocycles. The molecule has 0 unspecified atom stereocenters. The van der Waals surface area contributed by atoms with E-state index in [0.717, 1.165) is 48.2 Å². The number of carbonyl (C=O) groups is 1. The molecule has 0 aliphatic carbocycles. The van der Waals surface area contributed by atoms with Gasteiger partial charge in [0.25, 0.3) is 5.91 Å². The number of amides is 1. The van der Waals surface area contributed by atoms with Gasteiger partial charge in [0.2, 0.25) is 0 Å². The van der Waals surface area contributed by atoms with Gasteiger partial charge in [0.1, 0.15) is 23.4 Å². The van der Waals surface area contributed by atoms with Crippen LogP contribution in [-0.2, 0) is 0 Å². The van der Waals surface area contributed by atoms with Gasteiger partial charge < -0.3 is 25.4 Å². The first-order valence-electron chi connectivity index (χ1n) is 11.6. The minimum Gasteiger partial charge on any atom is -0.494 e. The van der Waals surface area contributed by atoms with E-state index in [2.05, 4.69) is 15.2 Å². The molecule has 1 aliphatic rings. The van der Waals surface area contributed by atoms with E-state index < -0.39 is 0 Å². The largest absolute Gasteiger partial charge is 0.494 e. The summed E-state index contributed by atoms with van der Waals surface area (Å²) in [4.78, 5) is 18.6. The lowest BCUT2D eigenvalue weighted by molar-refractivity contribution is 0.0951. The Labute approximate surface area is 199 Å². The summed E-state index contributed by atoms with van der Waals surface area (Å²) in [6.07, 6.45) is 4.30. The number of nitrogen functional groups attached to an aromatic ring is 1. The number of carbonyl (C=O) groups excluding carboxylic acids is 1. The van der Waals surface area contributed by atoms with Gasteiger partial charge in [-0.05, 0) is 61.2 Å². The number of piperidine rings is 1. The van der Waals surface area contributed by atoms with Crippen molar-refractivity contribution < 1.29 is 14.3 Å². The number of nitrogens with two attached hydrogens (primary N) is 1. The number of hydrogen-bond donors (Lipinski definition) is 3. The average Bonchev–Trinajstić information content (AvgIpc) is 2.85. The Morgan fingerprint density at radius 1 is 1.15 bits per heavy atom. The second-order valence-electron chi connectivity index (χ2n) is 8.45. The number of nitrogens with one attached hydrogen (secondary N) is 2. The van der Waals surface area contributed by atoms with Crippen LogP contribution in [-0.4, -0.2) is 54.0 Å². The summed E-state index contributed by atoms with van der Waals surface area (Å²) < 4.78 is 11.8. The molecule has 1 fully saturated rings. The highest BCUT2D eigenvalue weighted by atomic mass is 16.5. The number of likely N-dealkylation sites (tertiary alicyclic amines) is 1. The fourth-order valence-electron chi connectivity index (χ4n) is 4.01. The maximum absolute atomic E-state index is 12.4. The summed E-state index contributed by atoms with van der Waals surface area (Å²) in [6, 6.07) is 14.9. The summed E-state index contributed by atoms with van der Waals surface area (Å²) >= 11 is 0. The van der Waals surface area contributed by atoms with Crippen LogP contribution in [0.25, 0.3) is 10.8 Å². The molecular formula is C26H31N5O3. The normalized spacial score (nSPS) is 14.1. The van der Waals surface area contributed by atoms with Gasteiger partial charge in [0, 0.05) is 49.6 Å². The van der Waals surface area contributed by atoms with Gasteiger partial charge in [0.15, 0.2) is 0 Å². The molecule has 4 N–H and O–H groups in total. The molecular weight excluding hydrogens is 430 g/mol. The number of amidine groups is 1. The SMILES string of the molecule is CC(=N)N1CCC(Oc2ccc(C(=O)NCCCOc3ccc4ccnc(N)c4c3)cc2)CC1. The Hall–Kier alpha value is -3.81. The highest BCUT2D eigenvalue weighted by molar-refractivity contribution is 5.94. The number of benzene rings is 2. The van der Waals surface area contributed by atoms with Gasteiger partial charge in [-0.2, -0.15) is 0 Å². The number of hydrogen-bond acceptors (Lipinski definition) is 6. The highest BCUT2D eigenvalue weighted by Gasteiger charge is 2.20. The molecule has 2 heterocycles. The van der Waals surface area contributed by atoms with Crippen molar-refractivity contribution in [2.24, 2.45) is 0 Å². The highest BCUT2D eigenvalue weighted by Crippen LogP contribution is 2.24. The summed E-state index contributed by atoms with van der Waals surface area (Å²) in [5, 5.41) is 12.5. The van der Waals surface area contributed by atoms with Crippen LogP contribution < -0.4 is 20.5 Å². The number of fused-ring (bicyclic) bond motifs is 1. The average molecular weight is 462 g/mol. The van der Waals surface area contributed by atoms with Gasteiger partial charge in [-0.3, -0.25) is 10.2 Å². The van der Waals surface area contributed by atoms with Crippen LogP contribution in [0.2, 0.25) is 0 Å². The number of rotatable bonds is 8. The second-order valence-corrected chi connectivity index (χ2v) is 8.45. The molecule has 34 heavy (non-hydrogen) atoms. The third-order valence-corrected chi connectivity index (χ3v) is 5.98. The van der Waals surface area contributed by atoms with Crippen molar-refractivity contribution in [3.05, 3.63) is 60.3 Å². The summed E-state index contributed by atoms with van der Waals surface area (Å²) in [5.41, 5.74) is 6.53. The van der Waals surface area contributed by atoms with E-state index in [0.29, 0.717) is 36.8 Å². The van der Waals surface area contributed by atoms with E-state index in [1.54, 1.807) is 18.3 Å². The molecule has 0 atom stereocenters. The van der Waals surface area contributed by atoms with Gasteiger partial charge in [-0.1, -0.05) is 6.07 Å². The van der Waals surface area contributed by atoms with Crippen molar-refractivity contribution in [3.63, 3.8) is 0 Å². The predicted molar refractivity (Wildman–Crippen MR) is 134 cm³/mol. The second kappa shape index (κ2) is 10.9. The molecule has 2 aromatic carbocycles. The standard InChI is InChI=1S/C26H31N5O3/c1-18(27)31-14-10-22(11-15-31)34-21-6-4-20(5-7-21)26(32)30-12-2-16-33-23-8-3-19-9-13-29-25(28)24(19)17-23/h3-9,13,17,22,27H,2,10-12,14-16H2,1H3,(H2,28,29)(H,30,32). The zero-order valence-corrected chi connectivity index (χ0v) is 19.4. The van der Waals surface area contributed by atoms with Crippen LogP contribution >= 0.6 is 0 Å². The van der Waals surface area contributed by atoms with Gasteiger partial charge in [0.05, 0.1) is 12.4 Å². The van der Waals surface area contributed by atoms with Gasteiger partial charge in [-0.25, -0.2) is 4.98 Å². The van der Waals surface area contributed by atoms with E-state index in [1.165, 1.54) is 0 Å². The molecule has 4 rings (SSSR count). The molecule has 3 aromatic rings. The molecule has 0 spiro atoms. The van der Waals surface area contributed by atoms with Crippen molar-refractivity contribution in [2.45, 2.75) is 32.3 Å². The summed E-state index contributed by atoms with van der Waals surface area (Å²) in [5.74, 6) is 2.46. The molecule has 178 valence electrons. The van der Waals surface area contributed by atoms with Crippen molar-refractivity contribution in [3.8, 4) is 11.5 Å². The maximum atomic E-state index is 12.4. The third kappa shape index (κ3) is 5.95. The van der Waals surface area contributed by atoms with Crippen LogP contribution in [0, 0.1) is 5.41 Å². The molecule has 0 bridgehead atoms. The fourth-order valence-corrected chi connectivity index (χ4v) is 4.01. The van der Waals surface area contributed by atoms with Crippen molar-refractivity contribution in [1.29, 1.82) is 5.41 Å². The maximum Gasteiger partial charge on any atom is 0.251 e. The van der Waals surface area contributed by atoms with Crippen molar-refractivity contribution in [2.75, 3.05) is 32.0 Å². The quantitative estimate of drug-likeness (QED) is 0.267. The number of pyridine rings is 1. The Balaban J connectivity index is 1.17.